The number of alkyl halides is 3. The Morgan fingerprint density at radius 1 is 1.21 bits per heavy atom. The number of hydrogen-bond donors (Lipinski definition) is 1. The third-order valence-corrected chi connectivity index (χ3v) is 2.79. The van der Waals surface area contributed by atoms with Gasteiger partial charge in [0.25, 0.3) is 0 Å². The van der Waals surface area contributed by atoms with Crippen LogP contribution < -0.4 is 5.32 Å². The van der Waals surface area contributed by atoms with Crippen molar-refractivity contribution in [1.29, 1.82) is 0 Å². The van der Waals surface area contributed by atoms with Crippen molar-refractivity contribution < 1.29 is 17.9 Å². The minimum absolute atomic E-state index is 0.0574. The van der Waals surface area contributed by atoms with Gasteiger partial charge < -0.3 is 10.1 Å². The molecule has 1 atom stereocenters. The summed E-state index contributed by atoms with van der Waals surface area (Å²) < 4.78 is 40.2. The Kier molecular flexibility index (Phi) is 6.31. The highest BCUT2D eigenvalue weighted by Crippen LogP contribution is 2.17. The Bertz CT molecular complexity index is 362. The van der Waals surface area contributed by atoms with E-state index in [9.17, 15) is 13.2 Å². The number of hydrogen-bond acceptors (Lipinski definition) is 2. The van der Waals surface area contributed by atoms with Crippen LogP contribution in [0.25, 0.3) is 0 Å². The standard InChI is InChI=1S/C14H20F3NO/c1-3-13(12-6-4-11(2)5-7-12)18-8-9-19-10-14(15,16)17/h4-7,13,18H,3,8-10H2,1-2H3. The van der Waals surface area contributed by atoms with Crippen LogP contribution in [-0.4, -0.2) is 25.9 Å². The van der Waals surface area contributed by atoms with Gasteiger partial charge in [0.15, 0.2) is 0 Å². The van der Waals surface area contributed by atoms with Crippen LogP contribution in [0, 0.1) is 6.92 Å². The predicted molar refractivity (Wildman–Crippen MR) is 69.1 cm³/mol. The van der Waals surface area contributed by atoms with E-state index in [0.717, 1.165) is 12.0 Å². The van der Waals surface area contributed by atoms with E-state index in [1.807, 2.05) is 38.1 Å². The zero-order chi connectivity index (χ0) is 14.3. The Morgan fingerprint density at radius 2 is 1.84 bits per heavy atom. The van der Waals surface area contributed by atoms with E-state index in [4.69, 9.17) is 0 Å². The normalized spacial score (nSPS) is 13.5. The molecule has 0 saturated carbocycles. The second-order valence-corrected chi connectivity index (χ2v) is 4.49. The highest BCUT2D eigenvalue weighted by Gasteiger charge is 2.27. The topological polar surface area (TPSA) is 21.3 Å². The molecule has 5 heteroatoms. The first-order valence-corrected chi connectivity index (χ1v) is 6.37. The molecule has 0 aliphatic rings. The quantitative estimate of drug-likeness (QED) is 0.767. The van der Waals surface area contributed by atoms with E-state index in [1.54, 1.807) is 0 Å². The van der Waals surface area contributed by atoms with Crippen LogP contribution in [-0.2, 0) is 4.74 Å². The number of benzene rings is 1. The van der Waals surface area contributed by atoms with Gasteiger partial charge in [-0.15, -0.1) is 0 Å². The molecule has 0 aliphatic carbocycles. The summed E-state index contributed by atoms with van der Waals surface area (Å²) in [5.41, 5.74) is 2.33. The Balaban J connectivity index is 2.31. The molecular weight excluding hydrogens is 255 g/mol. The highest BCUT2D eigenvalue weighted by atomic mass is 19.4. The van der Waals surface area contributed by atoms with Crippen LogP contribution in [0.15, 0.2) is 24.3 Å². The summed E-state index contributed by atoms with van der Waals surface area (Å²) >= 11 is 0. The second-order valence-electron chi connectivity index (χ2n) is 4.49. The molecule has 2 nitrogen and oxygen atoms in total. The highest BCUT2D eigenvalue weighted by molar-refractivity contribution is 5.23. The summed E-state index contributed by atoms with van der Waals surface area (Å²) in [5.74, 6) is 0. The van der Waals surface area contributed by atoms with Gasteiger partial charge in [0.2, 0.25) is 0 Å². The van der Waals surface area contributed by atoms with E-state index >= 15 is 0 Å². The van der Waals surface area contributed by atoms with Crippen molar-refractivity contribution in [3.63, 3.8) is 0 Å². The van der Waals surface area contributed by atoms with Gasteiger partial charge in [-0.2, -0.15) is 13.2 Å². The lowest BCUT2D eigenvalue weighted by Crippen LogP contribution is -2.27. The Labute approximate surface area is 112 Å². The monoisotopic (exact) mass is 275 g/mol. The van der Waals surface area contributed by atoms with Crippen LogP contribution in [0.5, 0.6) is 0 Å². The van der Waals surface area contributed by atoms with Gasteiger partial charge in [-0.1, -0.05) is 36.8 Å². The molecule has 1 aromatic rings. The summed E-state index contributed by atoms with van der Waals surface area (Å²) in [7, 11) is 0. The molecule has 0 spiro atoms. The molecule has 0 aliphatic heterocycles. The van der Waals surface area contributed by atoms with Gasteiger partial charge in [0, 0.05) is 12.6 Å². The largest absolute Gasteiger partial charge is 0.411 e. The molecular formula is C14H20F3NO. The molecule has 0 radical (unpaired) electrons. The van der Waals surface area contributed by atoms with Crippen LogP contribution in [0.4, 0.5) is 13.2 Å². The third-order valence-electron chi connectivity index (χ3n) is 2.79. The van der Waals surface area contributed by atoms with Crippen molar-refractivity contribution in [3.05, 3.63) is 35.4 Å². The molecule has 1 rings (SSSR count). The molecule has 1 aromatic carbocycles. The molecule has 19 heavy (non-hydrogen) atoms. The molecule has 0 heterocycles. The fourth-order valence-corrected chi connectivity index (χ4v) is 1.79. The van der Waals surface area contributed by atoms with Crippen LogP contribution in [0.3, 0.4) is 0 Å². The van der Waals surface area contributed by atoms with Crippen molar-refractivity contribution in [1.82, 2.24) is 5.32 Å². The average Bonchev–Trinajstić information content (AvgIpc) is 2.34. The van der Waals surface area contributed by atoms with E-state index in [1.165, 1.54) is 5.56 Å². The Hall–Kier alpha value is -1.07. The molecule has 0 amide bonds. The lowest BCUT2D eigenvalue weighted by atomic mass is 10.0. The van der Waals surface area contributed by atoms with Gasteiger partial charge in [-0.3, -0.25) is 0 Å². The lowest BCUT2D eigenvalue weighted by molar-refractivity contribution is -0.173. The smallest absolute Gasteiger partial charge is 0.371 e. The van der Waals surface area contributed by atoms with E-state index in [0.29, 0.717) is 6.54 Å². The van der Waals surface area contributed by atoms with Crippen molar-refractivity contribution >= 4 is 0 Å². The van der Waals surface area contributed by atoms with Gasteiger partial charge in [-0.25, -0.2) is 0 Å². The predicted octanol–water partition coefficient (Wildman–Crippen LogP) is 3.61. The SMILES string of the molecule is CCC(NCCOCC(F)(F)F)c1ccc(C)cc1. The minimum atomic E-state index is -4.25. The number of rotatable bonds is 7. The maximum atomic E-state index is 11.9. The van der Waals surface area contributed by atoms with Gasteiger partial charge in [0.05, 0.1) is 6.61 Å². The zero-order valence-corrected chi connectivity index (χ0v) is 11.3. The number of aryl methyl sites for hydroxylation is 1. The Morgan fingerprint density at radius 3 is 2.37 bits per heavy atom. The molecule has 0 aromatic heterocycles. The fourth-order valence-electron chi connectivity index (χ4n) is 1.79. The first kappa shape index (κ1) is 16.0. The first-order valence-electron chi connectivity index (χ1n) is 6.37. The molecule has 1 unspecified atom stereocenters. The average molecular weight is 275 g/mol. The van der Waals surface area contributed by atoms with Gasteiger partial charge in [0.1, 0.15) is 6.61 Å². The third kappa shape index (κ3) is 6.59. The van der Waals surface area contributed by atoms with Gasteiger partial charge in [-0.05, 0) is 18.9 Å². The number of nitrogens with one attached hydrogen (secondary N) is 1. The molecule has 0 fully saturated rings. The number of halogens is 3. The minimum Gasteiger partial charge on any atom is -0.371 e. The summed E-state index contributed by atoms with van der Waals surface area (Å²) in [5, 5.41) is 3.20. The molecule has 0 bridgehead atoms. The maximum Gasteiger partial charge on any atom is 0.411 e. The van der Waals surface area contributed by atoms with Crippen LogP contribution in [0.2, 0.25) is 0 Å². The van der Waals surface area contributed by atoms with Crippen molar-refractivity contribution in [3.8, 4) is 0 Å². The maximum absolute atomic E-state index is 11.9. The number of ether oxygens (including phenoxy) is 1. The van der Waals surface area contributed by atoms with E-state index < -0.39 is 12.8 Å². The van der Waals surface area contributed by atoms with E-state index in [2.05, 4.69) is 10.1 Å². The summed E-state index contributed by atoms with van der Waals surface area (Å²) in [6, 6.07) is 8.27. The van der Waals surface area contributed by atoms with Crippen LogP contribution >= 0.6 is 0 Å². The second kappa shape index (κ2) is 7.50. The van der Waals surface area contributed by atoms with Crippen molar-refractivity contribution in [2.45, 2.75) is 32.5 Å². The van der Waals surface area contributed by atoms with Gasteiger partial charge >= 0.3 is 6.18 Å². The summed E-state index contributed by atoms with van der Waals surface area (Å²) in [4.78, 5) is 0. The van der Waals surface area contributed by atoms with Crippen molar-refractivity contribution in [2.24, 2.45) is 0 Å². The molecule has 108 valence electrons. The fraction of sp³-hybridized carbons (Fsp3) is 0.571. The summed E-state index contributed by atoms with van der Waals surface area (Å²) in [6.45, 7) is 3.33. The summed E-state index contributed by atoms with van der Waals surface area (Å²) in [6.07, 6.45) is -3.37. The zero-order valence-electron chi connectivity index (χ0n) is 11.3. The van der Waals surface area contributed by atoms with Crippen LogP contribution in [0.1, 0.15) is 30.5 Å². The lowest BCUT2D eigenvalue weighted by Gasteiger charge is -2.18. The molecule has 1 N–H and O–H groups in total. The van der Waals surface area contributed by atoms with Crippen molar-refractivity contribution in [2.75, 3.05) is 19.8 Å². The van der Waals surface area contributed by atoms with E-state index in [-0.39, 0.29) is 12.6 Å². The first-order chi connectivity index (χ1) is 8.92. The molecule has 0 saturated heterocycles.